The van der Waals surface area contributed by atoms with Crippen LogP contribution in [0.2, 0.25) is 0 Å². The lowest BCUT2D eigenvalue weighted by Gasteiger charge is -1.95. The van der Waals surface area contributed by atoms with Gasteiger partial charge in [-0.3, -0.25) is 0 Å². The van der Waals surface area contributed by atoms with Crippen LogP contribution in [-0.2, 0) is 4.74 Å². The van der Waals surface area contributed by atoms with Gasteiger partial charge in [0.25, 0.3) is 0 Å². The van der Waals surface area contributed by atoms with Gasteiger partial charge in [-0.25, -0.2) is 0 Å². The third-order valence-electron chi connectivity index (χ3n) is 0.547. The van der Waals surface area contributed by atoms with Crippen molar-refractivity contribution in [1.82, 2.24) is 0 Å². The summed E-state index contributed by atoms with van der Waals surface area (Å²) in [5, 5.41) is 0. The molecule has 0 saturated carbocycles. The molecular formula is C5H12NO. The van der Waals surface area contributed by atoms with Gasteiger partial charge in [0.15, 0.2) is 0 Å². The summed E-state index contributed by atoms with van der Waals surface area (Å²) in [5.74, 6) is 0. The van der Waals surface area contributed by atoms with Gasteiger partial charge < -0.3 is 10.5 Å². The van der Waals surface area contributed by atoms with E-state index in [1.54, 1.807) is 0 Å². The van der Waals surface area contributed by atoms with E-state index in [4.69, 9.17) is 10.5 Å². The van der Waals surface area contributed by atoms with Crippen molar-refractivity contribution in [3.63, 3.8) is 0 Å². The molecule has 2 nitrogen and oxygen atoms in total. The van der Waals surface area contributed by atoms with Crippen molar-refractivity contribution in [2.45, 2.75) is 6.92 Å². The third-order valence-corrected chi connectivity index (χ3v) is 0.547. The van der Waals surface area contributed by atoms with Gasteiger partial charge in [0.1, 0.15) is 0 Å². The van der Waals surface area contributed by atoms with Crippen LogP contribution in [0, 0.1) is 6.42 Å². The molecule has 2 heteroatoms. The lowest BCUT2D eigenvalue weighted by Crippen LogP contribution is -2.08. The maximum absolute atomic E-state index is 5.13. The molecule has 0 aromatic heterocycles. The Morgan fingerprint density at radius 1 is 1.71 bits per heavy atom. The average molecular weight is 102 g/mol. The summed E-state index contributed by atoms with van der Waals surface area (Å²) in [5.41, 5.74) is 5.13. The van der Waals surface area contributed by atoms with Crippen LogP contribution in [0.5, 0.6) is 0 Å². The summed E-state index contributed by atoms with van der Waals surface area (Å²) in [6.45, 7) is 3.96. The first kappa shape index (κ1) is 6.92. The minimum Gasteiger partial charge on any atom is -0.380 e. The van der Waals surface area contributed by atoms with Crippen LogP contribution in [0.25, 0.3) is 0 Å². The molecule has 0 aromatic rings. The minimum absolute atomic E-state index is 0.619. The lowest BCUT2D eigenvalue weighted by atomic mass is 10.5. The van der Waals surface area contributed by atoms with E-state index in [0.717, 1.165) is 6.61 Å². The number of ether oxygens (including phenoxy) is 1. The normalized spacial score (nSPS) is 9.43. The molecule has 0 aliphatic rings. The zero-order valence-corrected chi connectivity index (χ0v) is 4.68. The first-order valence-electron chi connectivity index (χ1n) is 2.47. The van der Waals surface area contributed by atoms with Gasteiger partial charge in [0.05, 0.1) is 6.61 Å². The Bertz CT molecular complexity index is 27.3. The van der Waals surface area contributed by atoms with Crippen molar-refractivity contribution in [3.05, 3.63) is 6.42 Å². The van der Waals surface area contributed by atoms with Crippen molar-refractivity contribution in [2.75, 3.05) is 19.8 Å². The van der Waals surface area contributed by atoms with Crippen LogP contribution in [0.3, 0.4) is 0 Å². The first-order valence-corrected chi connectivity index (χ1v) is 2.47. The van der Waals surface area contributed by atoms with E-state index in [1.807, 2.05) is 13.3 Å². The van der Waals surface area contributed by atoms with Gasteiger partial charge in [-0.15, -0.1) is 0 Å². The van der Waals surface area contributed by atoms with E-state index in [2.05, 4.69) is 0 Å². The first-order chi connectivity index (χ1) is 3.41. The van der Waals surface area contributed by atoms with Gasteiger partial charge in [-0.05, 0) is 6.42 Å². The second-order valence-corrected chi connectivity index (χ2v) is 1.27. The topological polar surface area (TPSA) is 35.2 Å². The van der Waals surface area contributed by atoms with Gasteiger partial charge in [-0.1, -0.05) is 6.92 Å². The van der Waals surface area contributed by atoms with Gasteiger partial charge >= 0.3 is 0 Å². The molecule has 7 heavy (non-hydrogen) atoms. The van der Waals surface area contributed by atoms with Crippen LogP contribution < -0.4 is 5.73 Å². The molecule has 0 unspecified atom stereocenters. The van der Waals surface area contributed by atoms with Gasteiger partial charge in [0, 0.05) is 13.2 Å². The maximum atomic E-state index is 5.13. The summed E-state index contributed by atoms with van der Waals surface area (Å²) >= 11 is 0. The third kappa shape index (κ3) is 5.92. The molecule has 0 amide bonds. The fraction of sp³-hybridized carbons (Fsp3) is 0.800. The zero-order valence-electron chi connectivity index (χ0n) is 4.68. The van der Waals surface area contributed by atoms with Crippen LogP contribution >= 0.6 is 0 Å². The Balaban J connectivity index is 2.45. The van der Waals surface area contributed by atoms with E-state index in [9.17, 15) is 0 Å². The largest absolute Gasteiger partial charge is 0.380 e. The second-order valence-electron chi connectivity index (χ2n) is 1.27. The fourth-order valence-corrected chi connectivity index (χ4v) is 0.285. The summed E-state index contributed by atoms with van der Waals surface area (Å²) in [6.07, 6.45) is 1.95. The number of nitrogens with two attached hydrogens (primary N) is 1. The molecule has 0 rings (SSSR count). The Hall–Kier alpha value is -0.0800. The number of hydrogen-bond acceptors (Lipinski definition) is 2. The van der Waals surface area contributed by atoms with Crippen LogP contribution in [0.15, 0.2) is 0 Å². The van der Waals surface area contributed by atoms with Gasteiger partial charge in [0.2, 0.25) is 0 Å². The summed E-state index contributed by atoms with van der Waals surface area (Å²) in [7, 11) is 0. The Labute approximate surface area is 44.7 Å². The molecule has 0 atom stereocenters. The molecule has 0 heterocycles. The lowest BCUT2D eigenvalue weighted by molar-refractivity contribution is 0.162. The second kappa shape index (κ2) is 5.92. The highest BCUT2D eigenvalue weighted by atomic mass is 16.5. The fourth-order valence-electron chi connectivity index (χ4n) is 0.285. The highest BCUT2D eigenvalue weighted by Gasteiger charge is 1.78. The maximum Gasteiger partial charge on any atom is 0.0588 e. The van der Waals surface area contributed by atoms with E-state index in [-0.39, 0.29) is 0 Å². The Morgan fingerprint density at radius 2 is 2.43 bits per heavy atom. The Morgan fingerprint density at radius 3 is 2.86 bits per heavy atom. The van der Waals surface area contributed by atoms with E-state index in [1.165, 1.54) is 0 Å². The molecule has 0 aromatic carbocycles. The van der Waals surface area contributed by atoms with Crippen molar-refractivity contribution in [2.24, 2.45) is 5.73 Å². The SMILES string of the molecule is C[CH]COCCN. The molecule has 0 bridgehead atoms. The average Bonchev–Trinajstić information content (AvgIpc) is 1.69. The number of hydrogen-bond donors (Lipinski definition) is 1. The van der Waals surface area contributed by atoms with Crippen molar-refractivity contribution in [1.29, 1.82) is 0 Å². The molecule has 1 radical (unpaired) electrons. The van der Waals surface area contributed by atoms with Crippen molar-refractivity contribution in [3.8, 4) is 0 Å². The molecule has 0 aliphatic heterocycles. The molecule has 0 saturated heterocycles. The zero-order chi connectivity index (χ0) is 5.54. The standard InChI is InChI=1S/C5H12NO/c1-2-4-7-5-3-6/h2H,3-6H2,1H3. The van der Waals surface area contributed by atoms with E-state index >= 15 is 0 Å². The quantitative estimate of drug-likeness (QED) is 0.514. The van der Waals surface area contributed by atoms with E-state index in [0.29, 0.717) is 13.2 Å². The molecule has 0 spiro atoms. The monoisotopic (exact) mass is 102 g/mol. The minimum atomic E-state index is 0.619. The smallest absolute Gasteiger partial charge is 0.0588 e. The van der Waals surface area contributed by atoms with E-state index < -0.39 is 0 Å². The molecular weight excluding hydrogens is 90.1 g/mol. The van der Waals surface area contributed by atoms with Crippen molar-refractivity contribution >= 4 is 0 Å². The summed E-state index contributed by atoms with van der Waals surface area (Å²) in [6, 6.07) is 0. The van der Waals surface area contributed by atoms with Gasteiger partial charge in [-0.2, -0.15) is 0 Å². The molecule has 2 N–H and O–H groups in total. The molecule has 43 valence electrons. The number of rotatable bonds is 4. The van der Waals surface area contributed by atoms with Crippen LogP contribution in [0.4, 0.5) is 0 Å². The predicted molar refractivity (Wildman–Crippen MR) is 29.8 cm³/mol. The van der Waals surface area contributed by atoms with Crippen molar-refractivity contribution < 1.29 is 4.74 Å². The molecule has 0 fully saturated rings. The highest BCUT2D eigenvalue weighted by Crippen LogP contribution is 1.74. The molecule has 0 aliphatic carbocycles. The summed E-state index contributed by atoms with van der Waals surface area (Å²) in [4.78, 5) is 0. The van der Waals surface area contributed by atoms with Crippen LogP contribution in [0.1, 0.15) is 6.92 Å². The summed E-state index contributed by atoms with van der Waals surface area (Å²) < 4.78 is 4.95. The Kier molecular flexibility index (Phi) is 5.85. The van der Waals surface area contributed by atoms with Crippen LogP contribution in [-0.4, -0.2) is 19.8 Å². The predicted octanol–water partition coefficient (Wildman–Crippen LogP) is 0.186. The highest BCUT2D eigenvalue weighted by molar-refractivity contribution is 4.50.